The fourth-order valence-electron chi connectivity index (χ4n) is 4.33. The number of para-hydroxylation sites is 1. The number of esters is 1. The summed E-state index contributed by atoms with van der Waals surface area (Å²) in [5, 5.41) is 18.2. The van der Waals surface area contributed by atoms with Gasteiger partial charge in [-0.15, -0.1) is 23.5 Å². The van der Waals surface area contributed by atoms with E-state index in [1.165, 1.54) is 37.6 Å². The monoisotopic (exact) mass is 835 g/mol. The smallest absolute Gasteiger partial charge is 0.447 e. The zero-order valence-electron chi connectivity index (χ0n) is 30.5. The third-order valence-corrected chi connectivity index (χ3v) is 10.4. The number of nitrogens with zero attached hydrogens (tertiary/aromatic N) is 5. The lowest BCUT2D eigenvalue weighted by Crippen LogP contribution is -2.30. The molecule has 3 aromatic carbocycles. The van der Waals surface area contributed by atoms with Crippen molar-refractivity contribution < 1.29 is 38.3 Å². The van der Waals surface area contributed by atoms with Crippen LogP contribution in [-0.2, 0) is 24.6 Å². The molecule has 3 aromatic rings. The minimum absolute atomic E-state index is 0.186. The topological polar surface area (TPSA) is 152 Å². The SMILES string of the molecule is CCOc1ccc(C2(C(=O)OC(C#N)c3cccc(Oc4ccccc4)c3)CC2(Cl)Cl)cc1.CS/C(C)=N\OC(=O)N(C)SN(C)C(=O)O/N=C(/C)SC. The number of carbonyl (C=O) groups is 3. The van der Waals surface area contributed by atoms with Crippen LogP contribution >= 0.6 is 58.9 Å². The Balaban J connectivity index is 0.000000325. The highest BCUT2D eigenvalue weighted by atomic mass is 35.5. The van der Waals surface area contributed by atoms with E-state index in [1.54, 1.807) is 62.4 Å². The number of ether oxygens (including phenoxy) is 3. The minimum Gasteiger partial charge on any atom is -0.494 e. The first kappa shape index (κ1) is 44.1. The number of oxime groups is 2. The lowest BCUT2D eigenvalue weighted by atomic mass is 9.95. The van der Waals surface area contributed by atoms with Crippen molar-refractivity contribution >= 4 is 87.1 Å². The summed E-state index contributed by atoms with van der Waals surface area (Å²) in [7, 11) is 2.88. The number of carbonyl (C=O) groups excluding carboxylic acids is 3. The van der Waals surface area contributed by atoms with Crippen LogP contribution in [0.1, 0.15) is 44.4 Å². The largest absolute Gasteiger partial charge is 0.494 e. The van der Waals surface area contributed by atoms with E-state index in [2.05, 4.69) is 20.0 Å². The van der Waals surface area contributed by atoms with Gasteiger partial charge in [-0.1, -0.05) is 76.0 Å². The molecule has 1 aliphatic carbocycles. The van der Waals surface area contributed by atoms with Gasteiger partial charge in [0.05, 0.1) is 18.7 Å². The van der Waals surface area contributed by atoms with Gasteiger partial charge in [-0.05, 0) is 75.2 Å². The highest BCUT2D eigenvalue weighted by molar-refractivity contribution is 8.13. The van der Waals surface area contributed by atoms with Crippen LogP contribution in [-0.4, -0.2) is 74.4 Å². The summed E-state index contributed by atoms with van der Waals surface area (Å²) in [6.07, 6.45) is 1.23. The van der Waals surface area contributed by atoms with Crippen molar-refractivity contribution in [2.45, 2.75) is 43.0 Å². The predicted octanol–water partition coefficient (Wildman–Crippen LogP) is 9.58. The Morgan fingerprint density at radius 2 is 1.39 bits per heavy atom. The van der Waals surface area contributed by atoms with Crippen molar-refractivity contribution in [1.29, 1.82) is 5.26 Å². The molecule has 2 amide bonds. The van der Waals surface area contributed by atoms with E-state index in [0.717, 1.165) is 20.7 Å². The van der Waals surface area contributed by atoms with Gasteiger partial charge in [0, 0.05) is 26.1 Å². The standard InChI is InChI=1S/C26H21Cl2NO4.C10H18N4O4S3/c1-2-31-20-13-11-19(12-14-20)25(17-26(25,27)28)24(30)33-23(16-29)18-7-6-10-22(15-18)32-21-8-4-3-5-9-21;1-7(19-5)11-17-9(15)13(3)21-14(4)10(16)18-12-8(2)20-6/h3-15,23H,2,17H2,1H3;1-6H3/b;11-7-,12-8-. The first-order valence-electron chi connectivity index (χ1n) is 16.0. The fourth-order valence-corrected chi connectivity index (χ4v) is 5.90. The molecule has 0 aromatic heterocycles. The highest BCUT2D eigenvalue weighted by Gasteiger charge is 2.73. The van der Waals surface area contributed by atoms with Crippen molar-refractivity contribution in [3.8, 4) is 23.3 Å². The Bertz CT molecular complexity index is 1810. The molecule has 54 heavy (non-hydrogen) atoms. The fraction of sp³-hybridized carbons (Fsp3) is 0.333. The minimum atomic E-state index is -1.32. The molecule has 0 spiro atoms. The first-order valence-corrected chi connectivity index (χ1v) is 19.9. The summed E-state index contributed by atoms with van der Waals surface area (Å²) in [5.74, 6) is 1.19. The average Bonchev–Trinajstić information content (AvgIpc) is 3.78. The Morgan fingerprint density at radius 3 is 1.87 bits per heavy atom. The van der Waals surface area contributed by atoms with Crippen LogP contribution in [0.5, 0.6) is 17.2 Å². The highest BCUT2D eigenvalue weighted by Crippen LogP contribution is 2.65. The summed E-state index contributed by atoms with van der Waals surface area (Å²) >= 11 is 16.3. The summed E-state index contributed by atoms with van der Waals surface area (Å²) in [5.41, 5.74) is -0.163. The maximum atomic E-state index is 13.3. The number of nitriles is 1. The normalized spacial score (nSPS) is 16.3. The lowest BCUT2D eigenvalue weighted by Gasteiger charge is -2.20. The lowest BCUT2D eigenvalue weighted by molar-refractivity contribution is -0.150. The van der Waals surface area contributed by atoms with Crippen LogP contribution in [0, 0.1) is 11.3 Å². The molecule has 18 heteroatoms. The van der Waals surface area contributed by atoms with Gasteiger partial charge in [0.15, 0.2) is 0 Å². The van der Waals surface area contributed by atoms with Crippen molar-refractivity contribution in [2.24, 2.45) is 10.3 Å². The van der Waals surface area contributed by atoms with Gasteiger partial charge < -0.3 is 14.2 Å². The third-order valence-electron chi connectivity index (χ3n) is 7.33. The van der Waals surface area contributed by atoms with E-state index in [1.807, 2.05) is 55.8 Å². The van der Waals surface area contributed by atoms with E-state index in [0.29, 0.717) is 45.1 Å². The van der Waals surface area contributed by atoms with E-state index in [-0.39, 0.29) is 6.42 Å². The van der Waals surface area contributed by atoms with Crippen LogP contribution in [0.4, 0.5) is 9.59 Å². The molecule has 4 rings (SSSR count). The molecule has 0 saturated heterocycles. The Hall–Kier alpha value is -4.27. The molecule has 13 nitrogen and oxygen atoms in total. The van der Waals surface area contributed by atoms with Gasteiger partial charge in [-0.25, -0.2) is 18.2 Å². The quantitative estimate of drug-likeness (QED) is 0.0325. The van der Waals surface area contributed by atoms with Gasteiger partial charge in [-0.2, -0.15) is 5.26 Å². The van der Waals surface area contributed by atoms with E-state index < -0.39 is 34.0 Å². The number of alkyl halides is 2. The van der Waals surface area contributed by atoms with Crippen molar-refractivity contribution in [3.05, 3.63) is 90.0 Å². The van der Waals surface area contributed by atoms with Gasteiger partial charge in [0.25, 0.3) is 0 Å². The maximum absolute atomic E-state index is 13.3. The van der Waals surface area contributed by atoms with Crippen LogP contribution in [0.15, 0.2) is 89.2 Å². The number of rotatable bonds is 12. The van der Waals surface area contributed by atoms with Crippen molar-refractivity contribution in [1.82, 2.24) is 8.61 Å². The molecule has 0 bridgehead atoms. The molecular formula is C36H39Cl2N5O8S3. The van der Waals surface area contributed by atoms with Crippen LogP contribution < -0.4 is 9.47 Å². The average molecular weight is 837 g/mol. The zero-order valence-corrected chi connectivity index (χ0v) is 34.4. The zero-order chi connectivity index (χ0) is 39.9. The number of benzene rings is 3. The molecule has 0 N–H and O–H groups in total. The molecule has 0 aliphatic heterocycles. The molecule has 2 atom stereocenters. The summed E-state index contributed by atoms with van der Waals surface area (Å²) < 4.78 is 17.8. The van der Waals surface area contributed by atoms with E-state index in [9.17, 15) is 19.6 Å². The molecule has 1 aliphatic rings. The predicted molar refractivity (Wildman–Crippen MR) is 215 cm³/mol. The second-order valence-corrected chi connectivity index (χ2v) is 15.8. The molecule has 0 heterocycles. The summed E-state index contributed by atoms with van der Waals surface area (Å²) in [6.45, 7) is 5.83. The van der Waals surface area contributed by atoms with E-state index in [4.69, 9.17) is 37.4 Å². The van der Waals surface area contributed by atoms with Crippen LogP contribution in [0.3, 0.4) is 0 Å². The number of hydrogen-bond donors (Lipinski definition) is 0. The summed E-state index contributed by atoms with van der Waals surface area (Å²) in [6, 6.07) is 25.1. The number of halogens is 2. The van der Waals surface area contributed by atoms with Gasteiger partial charge >= 0.3 is 18.2 Å². The van der Waals surface area contributed by atoms with Crippen molar-refractivity contribution in [2.75, 3.05) is 33.2 Å². The van der Waals surface area contributed by atoms with Gasteiger partial charge in [0.1, 0.15) is 43.2 Å². The summed E-state index contributed by atoms with van der Waals surface area (Å²) in [4.78, 5) is 45.8. The van der Waals surface area contributed by atoms with E-state index >= 15 is 0 Å². The van der Waals surface area contributed by atoms with Crippen LogP contribution in [0.25, 0.3) is 0 Å². The maximum Gasteiger partial charge on any atom is 0.447 e. The molecule has 0 radical (unpaired) electrons. The number of amides is 2. The molecule has 2 unspecified atom stereocenters. The second kappa shape index (κ2) is 21.0. The molecule has 1 fully saturated rings. The Kier molecular flexibility index (Phi) is 17.2. The first-order chi connectivity index (χ1) is 25.7. The van der Waals surface area contributed by atoms with Crippen LogP contribution in [0.2, 0.25) is 0 Å². The Morgan fingerprint density at radius 1 is 0.852 bits per heavy atom. The number of thioether (sulfide) groups is 2. The Labute approximate surface area is 337 Å². The van der Waals surface area contributed by atoms with Crippen molar-refractivity contribution in [3.63, 3.8) is 0 Å². The molecule has 288 valence electrons. The molecular weight excluding hydrogens is 798 g/mol. The second-order valence-electron chi connectivity index (χ2n) is 11.1. The third kappa shape index (κ3) is 12.4. The van der Waals surface area contributed by atoms with Gasteiger partial charge in [0.2, 0.25) is 6.10 Å². The number of hydrogen-bond acceptors (Lipinski definition) is 14. The van der Waals surface area contributed by atoms with Gasteiger partial charge in [-0.3, -0.25) is 14.5 Å². The molecule has 1 saturated carbocycles.